The highest BCUT2D eigenvalue weighted by Gasteiger charge is 2.13. The highest BCUT2D eigenvalue weighted by Crippen LogP contribution is 2.19. The topological polar surface area (TPSA) is 112 Å². The van der Waals surface area contributed by atoms with E-state index in [-0.39, 0.29) is 41.5 Å². The van der Waals surface area contributed by atoms with Crippen molar-refractivity contribution in [2.45, 2.75) is 6.61 Å². The fourth-order valence-electron chi connectivity index (χ4n) is 2.23. The number of nitrogens with zero attached hydrogens (tertiary/aromatic N) is 3. The summed E-state index contributed by atoms with van der Waals surface area (Å²) in [6.45, 7) is -0.308. The van der Waals surface area contributed by atoms with Gasteiger partial charge in [0.2, 0.25) is 11.9 Å². The van der Waals surface area contributed by atoms with Crippen molar-refractivity contribution in [2.24, 2.45) is 0 Å². The normalized spacial score (nSPS) is 10.4. The molecule has 0 atom stereocenters. The molecule has 28 heavy (non-hydrogen) atoms. The van der Waals surface area contributed by atoms with Gasteiger partial charge in [0.05, 0.1) is 12.7 Å². The average Bonchev–Trinajstić information content (AvgIpc) is 2.67. The summed E-state index contributed by atoms with van der Waals surface area (Å²) in [5.41, 5.74) is 6.18. The number of hydrogen-bond donors (Lipinski definition) is 2. The first-order valence-corrected chi connectivity index (χ1v) is 7.98. The van der Waals surface area contributed by atoms with Gasteiger partial charge in [0, 0.05) is 5.69 Å². The first kappa shape index (κ1) is 19.0. The van der Waals surface area contributed by atoms with Crippen molar-refractivity contribution in [2.75, 3.05) is 18.2 Å². The zero-order valence-corrected chi connectivity index (χ0v) is 14.6. The van der Waals surface area contributed by atoms with Gasteiger partial charge in [-0.3, -0.25) is 0 Å². The smallest absolute Gasteiger partial charge is 0.338 e. The third-order valence-electron chi connectivity index (χ3n) is 3.52. The van der Waals surface area contributed by atoms with Gasteiger partial charge in [0.25, 0.3) is 0 Å². The summed E-state index contributed by atoms with van der Waals surface area (Å²) in [5, 5.41) is 2.84. The molecule has 0 fully saturated rings. The van der Waals surface area contributed by atoms with Crippen LogP contribution in [-0.2, 0) is 11.3 Å². The third kappa shape index (κ3) is 4.67. The lowest BCUT2D eigenvalue weighted by Crippen LogP contribution is -2.11. The van der Waals surface area contributed by atoms with E-state index in [2.05, 4.69) is 20.3 Å². The molecule has 8 nitrogen and oxygen atoms in total. The van der Waals surface area contributed by atoms with Gasteiger partial charge < -0.3 is 20.5 Å². The largest absolute Gasteiger partial charge is 0.494 e. The molecule has 2 aromatic carbocycles. The number of hydrogen-bond acceptors (Lipinski definition) is 8. The number of nitrogens with one attached hydrogen (secondary N) is 1. The Morgan fingerprint density at radius 2 is 1.86 bits per heavy atom. The van der Waals surface area contributed by atoms with Crippen molar-refractivity contribution in [3.63, 3.8) is 0 Å². The number of carbonyl (C=O) groups excluding carboxylic acids is 1. The molecular formula is C18H15F2N5O3. The van der Waals surface area contributed by atoms with Gasteiger partial charge in [0.15, 0.2) is 24.0 Å². The summed E-state index contributed by atoms with van der Waals surface area (Å²) >= 11 is 0. The van der Waals surface area contributed by atoms with Crippen molar-refractivity contribution in [1.82, 2.24) is 15.0 Å². The van der Waals surface area contributed by atoms with Crippen LogP contribution in [0.4, 0.5) is 26.4 Å². The first-order valence-electron chi connectivity index (χ1n) is 7.98. The van der Waals surface area contributed by atoms with Gasteiger partial charge in [0.1, 0.15) is 5.82 Å². The number of esters is 1. The molecule has 0 aliphatic heterocycles. The predicted molar refractivity (Wildman–Crippen MR) is 96.0 cm³/mol. The van der Waals surface area contributed by atoms with Gasteiger partial charge >= 0.3 is 5.97 Å². The van der Waals surface area contributed by atoms with E-state index in [4.69, 9.17) is 15.2 Å². The second kappa shape index (κ2) is 8.25. The zero-order chi connectivity index (χ0) is 20.1. The maximum absolute atomic E-state index is 13.7. The van der Waals surface area contributed by atoms with Crippen LogP contribution in [0.25, 0.3) is 0 Å². The molecule has 0 aliphatic carbocycles. The number of anilines is 3. The van der Waals surface area contributed by atoms with Crippen molar-refractivity contribution < 1.29 is 23.0 Å². The van der Waals surface area contributed by atoms with Crippen LogP contribution >= 0.6 is 0 Å². The Kier molecular flexibility index (Phi) is 5.58. The molecule has 3 N–H and O–H groups in total. The standard InChI is InChI=1S/C18H15F2N5O3/c1-27-14-7-2-10(8-13(14)20)16(26)28-9-15-23-17(21)25-18(24-15)22-12-5-3-11(19)4-6-12/h2-8H,9H2,1H3,(H3,21,22,23,24,25). The van der Waals surface area contributed by atoms with Crippen molar-refractivity contribution in [1.29, 1.82) is 0 Å². The van der Waals surface area contributed by atoms with Gasteiger partial charge in [-0.2, -0.15) is 15.0 Å². The second-order valence-electron chi connectivity index (χ2n) is 5.49. The van der Waals surface area contributed by atoms with Crippen LogP contribution < -0.4 is 15.8 Å². The molecule has 0 bridgehead atoms. The van der Waals surface area contributed by atoms with E-state index in [1.165, 1.54) is 43.5 Å². The highest BCUT2D eigenvalue weighted by molar-refractivity contribution is 5.89. The molecule has 0 amide bonds. The number of aromatic nitrogens is 3. The molecule has 0 saturated carbocycles. The van der Waals surface area contributed by atoms with Crippen molar-refractivity contribution in [3.8, 4) is 5.75 Å². The second-order valence-corrected chi connectivity index (χ2v) is 5.49. The zero-order valence-electron chi connectivity index (χ0n) is 14.6. The first-order chi connectivity index (χ1) is 13.4. The highest BCUT2D eigenvalue weighted by atomic mass is 19.1. The van der Waals surface area contributed by atoms with E-state index in [1.807, 2.05) is 0 Å². The Balaban J connectivity index is 1.68. The summed E-state index contributed by atoms with van der Waals surface area (Å²) in [5.74, 6) is -1.75. The number of carbonyl (C=O) groups is 1. The van der Waals surface area contributed by atoms with Crippen LogP contribution in [0.15, 0.2) is 42.5 Å². The van der Waals surface area contributed by atoms with E-state index in [0.29, 0.717) is 5.69 Å². The van der Waals surface area contributed by atoms with Gasteiger partial charge in [-0.1, -0.05) is 0 Å². The number of nitrogens with two attached hydrogens (primary N) is 1. The molecule has 0 spiro atoms. The molecule has 0 aliphatic rings. The van der Waals surface area contributed by atoms with Crippen LogP contribution in [0, 0.1) is 11.6 Å². The molecule has 1 heterocycles. The Morgan fingerprint density at radius 3 is 2.54 bits per heavy atom. The third-order valence-corrected chi connectivity index (χ3v) is 3.52. The van der Waals surface area contributed by atoms with Crippen LogP contribution in [0.3, 0.4) is 0 Å². The van der Waals surface area contributed by atoms with E-state index in [0.717, 1.165) is 6.07 Å². The van der Waals surface area contributed by atoms with Crippen LogP contribution in [0.2, 0.25) is 0 Å². The Bertz CT molecular complexity index is 999. The number of halogens is 2. The number of benzene rings is 2. The van der Waals surface area contributed by atoms with Crippen LogP contribution in [0.5, 0.6) is 5.75 Å². The number of rotatable bonds is 6. The SMILES string of the molecule is COc1ccc(C(=O)OCc2nc(N)nc(Nc3ccc(F)cc3)n2)cc1F. The fourth-order valence-corrected chi connectivity index (χ4v) is 2.23. The van der Waals surface area contributed by atoms with E-state index in [1.54, 1.807) is 0 Å². The van der Waals surface area contributed by atoms with Crippen LogP contribution in [0.1, 0.15) is 16.2 Å². The number of nitrogen functional groups attached to an aromatic ring is 1. The molecule has 3 aromatic rings. The van der Waals surface area contributed by atoms with E-state index >= 15 is 0 Å². The van der Waals surface area contributed by atoms with Crippen molar-refractivity contribution in [3.05, 3.63) is 65.5 Å². The minimum absolute atomic E-state index is 0.00462. The lowest BCUT2D eigenvalue weighted by atomic mass is 10.2. The molecule has 0 radical (unpaired) electrons. The molecular weight excluding hydrogens is 372 g/mol. The maximum atomic E-state index is 13.7. The molecule has 10 heteroatoms. The van der Waals surface area contributed by atoms with E-state index < -0.39 is 11.8 Å². The molecule has 0 saturated heterocycles. The van der Waals surface area contributed by atoms with Gasteiger partial charge in [-0.25, -0.2) is 13.6 Å². The molecule has 144 valence electrons. The fraction of sp³-hybridized carbons (Fsp3) is 0.111. The van der Waals surface area contributed by atoms with Gasteiger partial charge in [-0.15, -0.1) is 0 Å². The Labute approximate surface area is 158 Å². The molecule has 3 rings (SSSR count). The number of methoxy groups -OCH3 is 1. The van der Waals surface area contributed by atoms with Crippen LogP contribution in [-0.4, -0.2) is 28.0 Å². The lowest BCUT2D eigenvalue weighted by molar-refractivity contribution is 0.0461. The quantitative estimate of drug-likeness (QED) is 0.621. The monoisotopic (exact) mass is 387 g/mol. The Morgan fingerprint density at radius 1 is 1.11 bits per heavy atom. The minimum Gasteiger partial charge on any atom is -0.494 e. The molecule has 0 unspecified atom stereocenters. The summed E-state index contributed by atoms with van der Waals surface area (Å²) in [4.78, 5) is 24.0. The lowest BCUT2D eigenvalue weighted by Gasteiger charge is -2.08. The maximum Gasteiger partial charge on any atom is 0.338 e. The minimum atomic E-state index is -0.770. The summed E-state index contributed by atoms with van der Waals surface area (Å²) < 4.78 is 36.5. The van der Waals surface area contributed by atoms with Gasteiger partial charge in [-0.05, 0) is 42.5 Å². The molecule has 1 aromatic heterocycles. The number of ether oxygens (including phenoxy) is 2. The average molecular weight is 387 g/mol. The summed E-state index contributed by atoms with van der Waals surface area (Å²) in [6.07, 6.45) is 0. The predicted octanol–water partition coefficient (Wildman–Crippen LogP) is 2.84. The summed E-state index contributed by atoms with van der Waals surface area (Å²) in [6, 6.07) is 9.21. The van der Waals surface area contributed by atoms with E-state index in [9.17, 15) is 13.6 Å². The van der Waals surface area contributed by atoms with Crippen molar-refractivity contribution >= 4 is 23.6 Å². The summed E-state index contributed by atoms with van der Waals surface area (Å²) in [7, 11) is 1.32. The Hall–Kier alpha value is -3.82.